The number of esters is 1. The summed E-state index contributed by atoms with van der Waals surface area (Å²) < 4.78 is 4.47. The van der Waals surface area contributed by atoms with Crippen molar-refractivity contribution in [2.45, 2.75) is 5.03 Å². The molecule has 0 aromatic carbocycles. The zero-order chi connectivity index (χ0) is 10.6. The minimum Gasteiger partial charge on any atom is -0.468 e. The average Bonchev–Trinajstić information content (AvgIpc) is 2.19. The van der Waals surface area contributed by atoms with Gasteiger partial charge in [0.25, 0.3) is 0 Å². The Morgan fingerprint density at radius 1 is 1.79 bits per heavy atom. The van der Waals surface area contributed by atoms with Gasteiger partial charge >= 0.3 is 5.97 Å². The number of nitrogens with two attached hydrogens (primary N) is 1. The van der Waals surface area contributed by atoms with E-state index in [-0.39, 0.29) is 17.0 Å². The van der Waals surface area contributed by atoms with Crippen molar-refractivity contribution in [1.82, 2.24) is 9.97 Å². The summed E-state index contributed by atoms with van der Waals surface area (Å²) in [4.78, 5) is 18.4. The van der Waals surface area contributed by atoms with Gasteiger partial charge in [0.1, 0.15) is 5.03 Å². The minimum atomic E-state index is -0.343. The summed E-state index contributed by atoms with van der Waals surface area (Å²) >= 11 is 6.72. The second-order valence-corrected chi connectivity index (χ2v) is 3.57. The first-order valence-electron chi connectivity index (χ1n) is 3.61. The van der Waals surface area contributed by atoms with Crippen molar-refractivity contribution in [3.8, 4) is 0 Å². The van der Waals surface area contributed by atoms with Gasteiger partial charge in [-0.25, -0.2) is 9.97 Å². The predicted molar refractivity (Wildman–Crippen MR) is 54.2 cm³/mol. The first kappa shape index (κ1) is 11.1. The van der Waals surface area contributed by atoms with Gasteiger partial charge in [-0.05, 0) is 11.6 Å². The Hall–Kier alpha value is -1.01. The number of anilines is 1. The molecule has 0 amide bonds. The highest BCUT2D eigenvalue weighted by Gasteiger charge is 2.07. The summed E-state index contributed by atoms with van der Waals surface area (Å²) in [6.07, 6.45) is 1.40. The van der Waals surface area contributed by atoms with E-state index >= 15 is 0 Å². The van der Waals surface area contributed by atoms with Crippen molar-refractivity contribution in [2.24, 2.45) is 0 Å². The van der Waals surface area contributed by atoms with Gasteiger partial charge in [-0.1, -0.05) is 11.8 Å². The smallest absolute Gasteiger partial charge is 0.316 e. The highest BCUT2D eigenvalue weighted by Crippen LogP contribution is 2.22. The van der Waals surface area contributed by atoms with Crippen molar-refractivity contribution in [1.29, 1.82) is 0 Å². The van der Waals surface area contributed by atoms with Crippen LogP contribution in [-0.2, 0) is 9.53 Å². The van der Waals surface area contributed by atoms with E-state index in [9.17, 15) is 4.79 Å². The highest BCUT2D eigenvalue weighted by atomic mass is 35.5. The van der Waals surface area contributed by atoms with Crippen LogP contribution in [-0.4, -0.2) is 28.8 Å². The first-order chi connectivity index (χ1) is 6.63. The quantitative estimate of drug-likeness (QED) is 0.363. The van der Waals surface area contributed by atoms with Crippen molar-refractivity contribution in [3.05, 3.63) is 11.5 Å². The second kappa shape index (κ2) is 5.02. The fraction of sp³-hybridized carbons (Fsp3) is 0.286. The lowest BCUT2D eigenvalue weighted by molar-refractivity contribution is -0.137. The lowest BCUT2D eigenvalue weighted by Gasteiger charge is -2.02. The molecule has 0 aliphatic heterocycles. The molecule has 1 rings (SSSR count). The molecule has 0 atom stereocenters. The van der Waals surface area contributed by atoms with Crippen molar-refractivity contribution in [2.75, 3.05) is 18.6 Å². The van der Waals surface area contributed by atoms with Crippen LogP contribution < -0.4 is 5.73 Å². The van der Waals surface area contributed by atoms with E-state index in [1.54, 1.807) is 0 Å². The molecule has 14 heavy (non-hydrogen) atoms. The standard InChI is InChI=1S/C7H8ClN3O2S/c1-13-5(12)3-14-6-4(9)2-10-7(8)11-6/h2H,3,9H2,1H3. The second-order valence-electron chi connectivity index (χ2n) is 2.26. The van der Waals surface area contributed by atoms with Crippen LogP contribution in [0.3, 0.4) is 0 Å². The van der Waals surface area contributed by atoms with Crippen LogP contribution in [0.2, 0.25) is 5.28 Å². The maximum atomic E-state index is 10.8. The maximum Gasteiger partial charge on any atom is 0.316 e. The molecule has 0 unspecified atom stereocenters. The van der Waals surface area contributed by atoms with Gasteiger partial charge in [0.2, 0.25) is 5.28 Å². The van der Waals surface area contributed by atoms with Gasteiger partial charge in [-0.2, -0.15) is 0 Å². The van der Waals surface area contributed by atoms with Gasteiger partial charge in [0.15, 0.2) is 0 Å². The minimum absolute atomic E-state index is 0.103. The van der Waals surface area contributed by atoms with Gasteiger partial charge < -0.3 is 10.5 Å². The molecule has 5 nitrogen and oxygen atoms in total. The largest absolute Gasteiger partial charge is 0.468 e. The number of nitrogen functional groups attached to an aromatic ring is 1. The summed E-state index contributed by atoms with van der Waals surface area (Å²) in [5.41, 5.74) is 5.95. The van der Waals surface area contributed by atoms with Gasteiger partial charge in [-0.15, -0.1) is 0 Å². The predicted octanol–water partition coefficient (Wildman–Crippen LogP) is 0.977. The molecule has 0 saturated heterocycles. The zero-order valence-corrected chi connectivity index (χ0v) is 8.93. The number of ether oxygens (including phenoxy) is 1. The molecule has 0 radical (unpaired) electrons. The fourth-order valence-electron chi connectivity index (χ4n) is 0.657. The third-order valence-corrected chi connectivity index (χ3v) is 2.47. The van der Waals surface area contributed by atoms with E-state index in [2.05, 4.69) is 14.7 Å². The number of hydrogen-bond acceptors (Lipinski definition) is 6. The number of nitrogens with zero attached hydrogens (tertiary/aromatic N) is 2. The molecule has 1 aromatic rings. The molecule has 0 fully saturated rings. The summed E-state index contributed by atoms with van der Waals surface area (Å²) in [7, 11) is 1.32. The Morgan fingerprint density at radius 3 is 3.14 bits per heavy atom. The lowest BCUT2D eigenvalue weighted by atomic mass is 10.6. The van der Waals surface area contributed by atoms with E-state index in [0.717, 1.165) is 11.8 Å². The van der Waals surface area contributed by atoms with Crippen molar-refractivity contribution >= 4 is 35.0 Å². The molecule has 76 valence electrons. The summed E-state index contributed by atoms with van der Waals surface area (Å²) in [6, 6.07) is 0. The number of carbonyl (C=O) groups excluding carboxylic acids is 1. The summed E-state index contributed by atoms with van der Waals surface area (Å²) in [5.74, 6) is -0.197. The molecule has 0 bridgehead atoms. The van der Waals surface area contributed by atoms with E-state index in [1.165, 1.54) is 13.3 Å². The van der Waals surface area contributed by atoms with Crippen LogP contribution in [0.4, 0.5) is 5.69 Å². The third-order valence-electron chi connectivity index (χ3n) is 1.31. The van der Waals surface area contributed by atoms with E-state index < -0.39 is 0 Å². The Kier molecular flexibility index (Phi) is 3.97. The summed E-state index contributed by atoms with van der Waals surface area (Å²) in [5, 5.41) is 0.585. The molecular formula is C7H8ClN3O2S. The number of carbonyl (C=O) groups is 1. The molecule has 7 heteroatoms. The van der Waals surface area contributed by atoms with Crippen LogP contribution in [0.15, 0.2) is 11.2 Å². The van der Waals surface area contributed by atoms with E-state index in [1.807, 2.05) is 0 Å². The van der Waals surface area contributed by atoms with E-state index in [4.69, 9.17) is 17.3 Å². The fourth-order valence-corrected chi connectivity index (χ4v) is 1.58. The molecule has 1 heterocycles. The van der Waals surface area contributed by atoms with Gasteiger partial charge in [-0.3, -0.25) is 4.79 Å². The topological polar surface area (TPSA) is 78.1 Å². The Bertz CT molecular complexity index is 348. The molecule has 2 N–H and O–H groups in total. The zero-order valence-electron chi connectivity index (χ0n) is 7.36. The van der Waals surface area contributed by atoms with Crippen LogP contribution >= 0.6 is 23.4 Å². The maximum absolute atomic E-state index is 10.8. The molecule has 0 saturated carbocycles. The first-order valence-corrected chi connectivity index (χ1v) is 4.97. The van der Waals surface area contributed by atoms with Crippen molar-refractivity contribution < 1.29 is 9.53 Å². The monoisotopic (exact) mass is 233 g/mol. The van der Waals surface area contributed by atoms with Crippen LogP contribution in [0.1, 0.15) is 0 Å². The lowest BCUT2D eigenvalue weighted by Crippen LogP contribution is -2.04. The van der Waals surface area contributed by atoms with Gasteiger partial charge in [0, 0.05) is 0 Å². The Balaban J connectivity index is 2.66. The van der Waals surface area contributed by atoms with Crippen LogP contribution in [0, 0.1) is 0 Å². The number of methoxy groups -OCH3 is 1. The average molecular weight is 234 g/mol. The number of hydrogen-bond donors (Lipinski definition) is 1. The number of thioether (sulfide) groups is 1. The number of rotatable bonds is 3. The Labute approximate surface area is 90.0 Å². The summed E-state index contributed by atoms with van der Waals surface area (Å²) in [6.45, 7) is 0. The SMILES string of the molecule is COC(=O)CSc1nc(Cl)ncc1N. The molecule has 0 aliphatic rings. The van der Waals surface area contributed by atoms with Crippen LogP contribution in [0.25, 0.3) is 0 Å². The normalized spacial score (nSPS) is 9.86. The molecule has 0 aliphatic carbocycles. The van der Waals surface area contributed by atoms with Crippen LogP contribution in [0.5, 0.6) is 0 Å². The number of aromatic nitrogens is 2. The van der Waals surface area contributed by atoms with Crippen molar-refractivity contribution in [3.63, 3.8) is 0 Å². The third kappa shape index (κ3) is 3.04. The Morgan fingerprint density at radius 2 is 2.50 bits per heavy atom. The van der Waals surface area contributed by atoms with E-state index in [0.29, 0.717) is 10.7 Å². The molecule has 0 spiro atoms. The van der Waals surface area contributed by atoms with Gasteiger partial charge in [0.05, 0.1) is 24.7 Å². The number of halogens is 1. The molecular weight excluding hydrogens is 226 g/mol. The molecule has 1 aromatic heterocycles. The highest BCUT2D eigenvalue weighted by molar-refractivity contribution is 8.00.